The van der Waals surface area contributed by atoms with Gasteiger partial charge in [-0.15, -0.1) is 5.10 Å². The van der Waals surface area contributed by atoms with Gasteiger partial charge in [0, 0.05) is 17.5 Å². The summed E-state index contributed by atoms with van der Waals surface area (Å²) < 4.78 is 17.1. The molecule has 0 unspecified atom stereocenters. The number of halogens is 1. The van der Waals surface area contributed by atoms with Gasteiger partial charge in [0.05, 0.1) is 11.6 Å². The molecule has 0 bridgehead atoms. The van der Waals surface area contributed by atoms with E-state index in [2.05, 4.69) is 14.9 Å². The Labute approximate surface area is 106 Å². The molecule has 7 heteroatoms. The van der Waals surface area contributed by atoms with Gasteiger partial charge in [0.15, 0.2) is 5.69 Å². The summed E-state index contributed by atoms with van der Waals surface area (Å²) in [6.45, 7) is 0.0356. The van der Waals surface area contributed by atoms with Gasteiger partial charge < -0.3 is 5.32 Å². The molecule has 2 rings (SSSR count). The molecule has 0 fully saturated rings. The summed E-state index contributed by atoms with van der Waals surface area (Å²) in [6.07, 6.45) is 0. The molecule has 1 heterocycles. The lowest BCUT2D eigenvalue weighted by atomic mass is 10.1. The molecule has 1 aromatic heterocycles. The van der Waals surface area contributed by atoms with Crippen LogP contribution < -0.4 is 5.32 Å². The summed E-state index contributed by atoms with van der Waals surface area (Å²) in [5.41, 5.74) is 0.755. The summed E-state index contributed by atoms with van der Waals surface area (Å²) in [7, 11) is 0. The van der Waals surface area contributed by atoms with E-state index in [4.69, 9.17) is 5.26 Å². The van der Waals surface area contributed by atoms with E-state index in [1.165, 1.54) is 17.5 Å². The van der Waals surface area contributed by atoms with E-state index in [0.29, 0.717) is 5.56 Å². The summed E-state index contributed by atoms with van der Waals surface area (Å²) >= 11 is 1.07. The van der Waals surface area contributed by atoms with Crippen molar-refractivity contribution in [2.45, 2.75) is 6.54 Å². The number of amides is 1. The van der Waals surface area contributed by atoms with Gasteiger partial charge in [-0.25, -0.2) is 4.39 Å². The Morgan fingerprint density at radius 3 is 3.00 bits per heavy atom. The fourth-order valence-electron chi connectivity index (χ4n) is 1.29. The summed E-state index contributed by atoms with van der Waals surface area (Å²) in [6, 6.07) is 5.93. The maximum Gasteiger partial charge on any atom is 0.273 e. The zero-order valence-corrected chi connectivity index (χ0v) is 9.87. The zero-order valence-electron chi connectivity index (χ0n) is 9.05. The molecule has 5 nitrogen and oxygen atoms in total. The molecule has 1 amide bonds. The minimum absolute atomic E-state index is 0.0356. The largest absolute Gasteiger partial charge is 0.346 e. The predicted octanol–water partition coefficient (Wildman–Crippen LogP) is 1.48. The molecule has 0 radical (unpaired) electrons. The molecule has 0 aliphatic carbocycles. The van der Waals surface area contributed by atoms with Gasteiger partial charge in [-0.2, -0.15) is 5.26 Å². The highest BCUT2D eigenvalue weighted by Crippen LogP contribution is 2.10. The predicted molar refractivity (Wildman–Crippen MR) is 62.2 cm³/mol. The minimum atomic E-state index is -0.522. The lowest BCUT2D eigenvalue weighted by Gasteiger charge is -2.04. The molecular weight excluding hydrogens is 255 g/mol. The smallest absolute Gasteiger partial charge is 0.273 e. The first-order valence-corrected chi connectivity index (χ1v) is 5.78. The molecule has 0 saturated heterocycles. The fourth-order valence-corrected chi connectivity index (χ4v) is 1.73. The van der Waals surface area contributed by atoms with Crippen LogP contribution >= 0.6 is 11.5 Å². The third kappa shape index (κ3) is 2.67. The summed E-state index contributed by atoms with van der Waals surface area (Å²) in [5.74, 6) is -0.932. The van der Waals surface area contributed by atoms with Crippen LogP contribution in [0, 0.1) is 17.1 Å². The third-order valence-electron chi connectivity index (χ3n) is 2.21. The second-order valence-electron chi connectivity index (χ2n) is 3.39. The van der Waals surface area contributed by atoms with Gasteiger partial charge in [-0.05, 0) is 23.7 Å². The van der Waals surface area contributed by atoms with E-state index in [1.807, 2.05) is 6.07 Å². The first-order chi connectivity index (χ1) is 8.70. The maximum atomic E-state index is 13.5. The second kappa shape index (κ2) is 5.33. The standard InChI is InChI=1S/C11H7FN4OS/c12-9-3-7(4-13)1-2-8(9)5-14-11(17)10-6-18-16-15-10/h1-3,6H,5H2,(H,14,17). The van der Waals surface area contributed by atoms with Crippen LogP contribution in [-0.4, -0.2) is 15.5 Å². The van der Waals surface area contributed by atoms with Crippen molar-refractivity contribution >= 4 is 17.4 Å². The normalized spacial score (nSPS) is 9.78. The van der Waals surface area contributed by atoms with E-state index in [1.54, 1.807) is 0 Å². The lowest BCUT2D eigenvalue weighted by Crippen LogP contribution is -2.23. The molecule has 90 valence electrons. The van der Waals surface area contributed by atoms with E-state index in [9.17, 15) is 9.18 Å². The van der Waals surface area contributed by atoms with Crippen molar-refractivity contribution in [2.75, 3.05) is 0 Å². The molecule has 0 aliphatic heterocycles. The SMILES string of the molecule is N#Cc1ccc(CNC(=O)c2csnn2)c(F)c1. The number of carbonyl (C=O) groups is 1. The summed E-state index contributed by atoms with van der Waals surface area (Å²) in [5, 5.41) is 16.2. The van der Waals surface area contributed by atoms with Crippen LogP contribution in [0.5, 0.6) is 0 Å². The Morgan fingerprint density at radius 1 is 1.56 bits per heavy atom. The number of aromatic nitrogens is 2. The van der Waals surface area contributed by atoms with Crippen molar-refractivity contribution in [3.05, 3.63) is 46.2 Å². The lowest BCUT2D eigenvalue weighted by molar-refractivity contribution is 0.0945. The Bertz CT molecular complexity index is 606. The molecule has 18 heavy (non-hydrogen) atoms. The van der Waals surface area contributed by atoms with Crippen molar-refractivity contribution in [3.8, 4) is 6.07 Å². The Hall–Kier alpha value is -2.33. The van der Waals surface area contributed by atoms with Gasteiger partial charge >= 0.3 is 0 Å². The van der Waals surface area contributed by atoms with Gasteiger partial charge in [0.2, 0.25) is 0 Å². The molecule has 2 aromatic rings. The van der Waals surface area contributed by atoms with Crippen molar-refractivity contribution < 1.29 is 9.18 Å². The fraction of sp³-hybridized carbons (Fsp3) is 0.0909. The summed E-state index contributed by atoms with van der Waals surface area (Å²) in [4.78, 5) is 11.5. The average Bonchev–Trinajstić information content (AvgIpc) is 2.90. The van der Waals surface area contributed by atoms with E-state index < -0.39 is 11.7 Å². The molecular formula is C11H7FN4OS. The number of hydrogen-bond acceptors (Lipinski definition) is 5. The van der Waals surface area contributed by atoms with Crippen molar-refractivity contribution in [3.63, 3.8) is 0 Å². The number of nitrogens with one attached hydrogen (secondary N) is 1. The van der Waals surface area contributed by atoms with Crippen molar-refractivity contribution in [2.24, 2.45) is 0 Å². The minimum Gasteiger partial charge on any atom is -0.346 e. The highest BCUT2D eigenvalue weighted by Gasteiger charge is 2.10. The van der Waals surface area contributed by atoms with Gasteiger partial charge in [-0.3, -0.25) is 4.79 Å². The monoisotopic (exact) mass is 262 g/mol. The number of nitrogens with zero attached hydrogens (tertiary/aromatic N) is 3. The van der Waals surface area contributed by atoms with Crippen LogP contribution in [0.25, 0.3) is 0 Å². The molecule has 0 aliphatic rings. The number of carbonyl (C=O) groups excluding carboxylic acids is 1. The van der Waals surface area contributed by atoms with Crippen molar-refractivity contribution in [1.82, 2.24) is 14.9 Å². The van der Waals surface area contributed by atoms with Gasteiger partial charge in [0.25, 0.3) is 5.91 Å². The number of benzene rings is 1. The highest BCUT2D eigenvalue weighted by molar-refractivity contribution is 7.03. The topological polar surface area (TPSA) is 78.7 Å². The van der Waals surface area contributed by atoms with Crippen LogP contribution in [0.2, 0.25) is 0 Å². The first-order valence-electron chi connectivity index (χ1n) is 4.94. The number of rotatable bonds is 3. The van der Waals surface area contributed by atoms with Crippen molar-refractivity contribution in [1.29, 1.82) is 5.26 Å². The second-order valence-corrected chi connectivity index (χ2v) is 4.00. The van der Waals surface area contributed by atoms with Gasteiger partial charge in [0.1, 0.15) is 5.82 Å². The van der Waals surface area contributed by atoms with Crippen LogP contribution in [0.15, 0.2) is 23.6 Å². The Balaban J connectivity index is 2.03. The van der Waals surface area contributed by atoms with E-state index in [-0.39, 0.29) is 17.8 Å². The molecule has 0 atom stereocenters. The van der Waals surface area contributed by atoms with E-state index >= 15 is 0 Å². The maximum absolute atomic E-state index is 13.5. The number of nitriles is 1. The zero-order chi connectivity index (χ0) is 13.0. The Morgan fingerprint density at radius 2 is 2.39 bits per heavy atom. The molecule has 1 aromatic carbocycles. The molecule has 0 spiro atoms. The van der Waals surface area contributed by atoms with Crippen LogP contribution in [0.4, 0.5) is 4.39 Å². The first kappa shape index (κ1) is 12.1. The molecule has 0 saturated carbocycles. The third-order valence-corrected chi connectivity index (χ3v) is 2.72. The highest BCUT2D eigenvalue weighted by atomic mass is 32.1. The average molecular weight is 262 g/mol. The Kier molecular flexibility index (Phi) is 3.60. The van der Waals surface area contributed by atoms with Gasteiger partial charge in [-0.1, -0.05) is 10.6 Å². The van der Waals surface area contributed by atoms with Crippen LogP contribution in [0.3, 0.4) is 0 Å². The van der Waals surface area contributed by atoms with E-state index in [0.717, 1.165) is 17.6 Å². The number of hydrogen-bond donors (Lipinski definition) is 1. The quantitative estimate of drug-likeness (QED) is 0.908. The van der Waals surface area contributed by atoms with Crippen LogP contribution in [0.1, 0.15) is 21.6 Å². The van der Waals surface area contributed by atoms with Crippen LogP contribution in [-0.2, 0) is 6.54 Å². The molecule has 1 N–H and O–H groups in total.